The highest BCUT2D eigenvalue weighted by Gasteiger charge is 2.15. The number of hydrogen-bond acceptors (Lipinski definition) is 1. The Morgan fingerprint density at radius 2 is 1.52 bits per heavy atom. The van der Waals surface area contributed by atoms with Crippen LogP contribution in [0.15, 0.2) is 42.5 Å². The zero-order valence-electron chi connectivity index (χ0n) is 16.5. The molecule has 0 heterocycles. The molecule has 3 rings (SSSR count). The van der Waals surface area contributed by atoms with Crippen LogP contribution in [0.4, 0.5) is 0 Å². The second-order valence-electron chi connectivity index (χ2n) is 7.15. The van der Waals surface area contributed by atoms with Crippen molar-refractivity contribution in [1.82, 2.24) is 0 Å². The summed E-state index contributed by atoms with van der Waals surface area (Å²) in [6.45, 7) is 8.60. The largest absolute Gasteiger partial charge is 0.486 e. The number of rotatable bonds is 5. The predicted octanol–water partition coefficient (Wildman–Crippen LogP) is 7.21. The Balaban J connectivity index is 0.000000701. The van der Waals surface area contributed by atoms with Crippen molar-refractivity contribution in [3.8, 4) is 5.75 Å². The van der Waals surface area contributed by atoms with E-state index in [0.29, 0.717) is 0 Å². The van der Waals surface area contributed by atoms with Crippen LogP contribution in [-0.4, -0.2) is 0 Å². The van der Waals surface area contributed by atoms with Crippen LogP contribution in [0.25, 0.3) is 0 Å². The standard InChI is InChI=1S/C21H26O.C3H8/c1-3-6-21(18-11-9-16(2)10-12-18)22-20-14-13-17-7-4-5-8-19(17)15-20;1-3-2/h9-15,21H,3-8H2,1-2H3;3H2,1-2H3. The van der Waals surface area contributed by atoms with Crippen molar-refractivity contribution in [1.29, 1.82) is 0 Å². The fraction of sp³-hybridized carbons (Fsp3) is 0.500. The van der Waals surface area contributed by atoms with Gasteiger partial charge in [-0.25, -0.2) is 0 Å². The molecule has 2 aromatic carbocycles. The first-order valence-corrected chi connectivity index (χ1v) is 10.0. The van der Waals surface area contributed by atoms with E-state index in [9.17, 15) is 0 Å². The molecule has 1 unspecified atom stereocenters. The molecule has 0 N–H and O–H groups in total. The summed E-state index contributed by atoms with van der Waals surface area (Å²) in [4.78, 5) is 0. The average molecular weight is 339 g/mol. The lowest BCUT2D eigenvalue weighted by Crippen LogP contribution is -2.09. The summed E-state index contributed by atoms with van der Waals surface area (Å²) < 4.78 is 6.35. The average Bonchev–Trinajstić information content (AvgIpc) is 2.63. The molecule has 2 aromatic rings. The maximum Gasteiger partial charge on any atom is 0.124 e. The number of ether oxygens (including phenoxy) is 1. The van der Waals surface area contributed by atoms with Gasteiger partial charge < -0.3 is 4.74 Å². The normalized spacial score (nSPS) is 14.1. The van der Waals surface area contributed by atoms with E-state index in [1.54, 1.807) is 0 Å². The summed E-state index contributed by atoms with van der Waals surface area (Å²) in [6, 6.07) is 15.4. The number of aryl methyl sites for hydroxylation is 3. The van der Waals surface area contributed by atoms with Crippen molar-refractivity contribution < 1.29 is 4.74 Å². The van der Waals surface area contributed by atoms with Crippen LogP contribution < -0.4 is 4.74 Å². The molecule has 136 valence electrons. The number of benzene rings is 2. The highest BCUT2D eigenvalue weighted by molar-refractivity contribution is 5.37. The molecule has 0 saturated heterocycles. The minimum atomic E-state index is 0.159. The Labute approximate surface area is 154 Å². The van der Waals surface area contributed by atoms with Gasteiger partial charge in [0.05, 0.1) is 0 Å². The summed E-state index contributed by atoms with van der Waals surface area (Å²) in [5.41, 5.74) is 5.59. The van der Waals surface area contributed by atoms with Gasteiger partial charge in [-0.2, -0.15) is 0 Å². The topological polar surface area (TPSA) is 9.23 Å². The molecular formula is C24H34O. The highest BCUT2D eigenvalue weighted by atomic mass is 16.5. The van der Waals surface area contributed by atoms with Gasteiger partial charge in [-0.15, -0.1) is 0 Å². The van der Waals surface area contributed by atoms with E-state index in [2.05, 4.69) is 70.2 Å². The Morgan fingerprint density at radius 1 is 0.880 bits per heavy atom. The fourth-order valence-corrected chi connectivity index (χ4v) is 3.28. The van der Waals surface area contributed by atoms with Gasteiger partial charge in [0.2, 0.25) is 0 Å². The molecule has 0 aliphatic heterocycles. The molecule has 0 amide bonds. The number of hydrogen-bond donors (Lipinski definition) is 0. The Bertz CT molecular complexity index is 627. The molecule has 0 saturated carbocycles. The molecule has 0 aromatic heterocycles. The van der Waals surface area contributed by atoms with Gasteiger partial charge in [-0.1, -0.05) is 69.5 Å². The highest BCUT2D eigenvalue weighted by Crippen LogP contribution is 2.30. The van der Waals surface area contributed by atoms with E-state index >= 15 is 0 Å². The molecule has 1 heteroatoms. The van der Waals surface area contributed by atoms with Gasteiger partial charge in [0.25, 0.3) is 0 Å². The fourth-order valence-electron chi connectivity index (χ4n) is 3.28. The van der Waals surface area contributed by atoms with Crippen LogP contribution >= 0.6 is 0 Å². The summed E-state index contributed by atoms with van der Waals surface area (Å²) in [7, 11) is 0. The van der Waals surface area contributed by atoms with E-state index in [1.165, 1.54) is 54.4 Å². The van der Waals surface area contributed by atoms with Crippen molar-refractivity contribution in [3.05, 3.63) is 64.7 Å². The van der Waals surface area contributed by atoms with E-state index in [-0.39, 0.29) is 6.10 Å². The second kappa shape index (κ2) is 10.3. The van der Waals surface area contributed by atoms with Crippen molar-refractivity contribution in [3.63, 3.8) is 0 Å². The monoisotopic (exact) mass is 338 g/mol. The van der Waals surface area contributed by atoms with Crippen LogP contribution in [0.1, 0.15) is 81.2 Å². The van der Waals surface area contributed by atoms with Crippen LogP contribution in [-0.2, 0) is 12.8 Å². The van der Waals surface area contributed by atoms with Gasteiger partial charge in [-0.3, -0.25) is 0 Å². The first-order valence-electron chi connectivity index (χ1n) is 10.0. The molecule has 0 spiro atoms. The Hall–Kier alpha value is -1.76. The molecule has 0 radical (unpaired) electrons. The lowest BCUT2D eigenvalue weighted by Gasteiger charge is -2.22. The maximum atomic E-state index is 6.35. The van der Waals surface area contributed by atoms with Gasteiger partial charge in [0.15, 0.2) is 0 Å². The van der Waals surface area contributed by atoms with Gasteiger partial charge in [0, 0.05) is 0 Å². The van der Waals surface area contributed by atoms with Crippen LogP contribution in [0, 0.1) is 6.92 Å². The minimum Gasteiger partial charge on any atom is -0.486 e. The zero-order chi connectivity index (χ0) is 18.1. The first-order chi connectivity index (χ1) is 12.2. The molecule has 1 aliphatic rings. The van der Waals surface area contributed by atoms with E-state index < -0.39 is 0 Å². The zero-order valence-corrected chi connectivity index (χ0v) is 16.5. The van der Waals surface area contributed by atoms with Crippen LogP contribution in [0.2, 0.25) is 0 Å². The molecule has 1 aliphatic carbocycles. The summed E-state index contributed by atoms with van der Waals surface area (Å²) in [6.07, 6.45) is 8.67. The molecule has 25 heavy (non-hydrogen) atoms. The second-order valence-corrected chi connectivity index (χ2v) is 7.15. The van der Waals surface area contributed by atoms with Gasteiger partial charge >= 0.3 is 0 Å². The van der Waals surface area contributed by atoms with E-state index in [1.807, 2.05) is 0 Å². The molecule has 0 bridgehead atoms. The number of fused-ring (bicyclic) bond motifs is 1. The maximum absolute atomic E-state index is 6.35. The lowest BCUT2D eigenvalue weighted by molar-refractivity contribution is 0.193. The van der Waals surface area contributed by atoms with E-state index in [4.69, 9.17) is 4.74 Å². The van der Waals surface area contributed by atoms with E-state index in [0.717, 1.165) is 18.6 Å². The Kier molecular flexibility index (Phi) is 8.04. The minimum absolute atomic E-state index is 0.159. The third-order valence-corrected chi connectivity index (χ3v) is 4.60. The Morgan fingerprint density at radius 3 is 2.16 bits per heavy atom. The third kappa shape index (κ3) is 5.92. The first kappa shape index (κ1) is 19.6. The lowest BCUT2D eigenvalue weighted by atomic mass is 9.92. The summed E-state index contributed by atoms with van der Waals surface area (Å²) in [5, 5.41) is 0. The van der Waals surface area contributed by atoms with Gasteiger partial charge in [0.1, 0.15) is 11.9 Å². The third-order valence-electron chi connectivity index (χ3n) is 4.60. The van der Waals surface area contributed by atoms with Crippen LogP contribution in [0.5, 0.6) is 5.75 Å². The van der Waals surface area contributed by atoms with Crippen LogP contribution in [0.3, 0.4) is 0 Å². The molecular weight excluding hydrogens is 304 g/mol. The molecule has 1 atom stereocenters. The van der Waals surface area contributed by atoms with Crippen molar-refractivity contribution in [2.24, 2.45) is 0 Å². The van der Waals surface area contributed by atoms with Crippen molar-refractivity contribution >= 4 is 0 Å². The van der Waals surface area contributed by atoms with Crippen molar-refractivity contribution in [2.75, 3.05) is 0 Å². The SMILES string of the molecule is CCC.CCCC(Oc1ccc2c(c1)CCCC2)c1ccc(C)cc1. The smallest absolute Gasteiger partial charge is 0.124 e. The van der Waals surface area contributed by atoms with Crippen molar-refractivity contribution in [2.45, 2.75) is 78.7 Å². The quantitative estimate of drug-likeness (QED) is 0.559. The summed E-state index contributed by atoms with van der Waals surface area (Å²) >= 11 is 0. The summed E-state index contributed by atoms with van der Waals surface area (Å²) in [5.74, 6) is 1.03. The van der Waals surface area contributed by atoms with Gasteiger partial charge in [-0.05, 0) is 67.9 Å². The molecule has 0 fully saturated rings. The predicted molar refractivity (Wildman–Crippen MR) is 109 cm³/mol. The molecule has 1 nitrogen and oxygen atoms in total.